The number of carbonyl (C=O) groups excluding carboxylic acids is 3. The summed E-state index contributed by atoms with van der Waals surface area (Å²) in [6, 6.07) is 12.1. The van der Waals surface area contributed by atoms with Gasteiger partial charge in [0.15, 0.2) is 34.5 Å². The molecule has 0 saturated heterocycles. The first-order valence-electron chi connectivity index (χ1n) is 12.5. The van der Waals surface area contributed by atoms with E-state index in [1.807, 2.05) is 0 Å². The van der Waals surface area contributed by atoms with Gasteiger partial charge in [0.1, 0.15) is 0 Å². The van der Waals surface area contributed by atoms with E-state index in [2.05, 4.69) is 10.6 Å². The molecule has 8 N–H and O–H groups in total. The van der Waals surface area contributed by atoms with Crippen LogP contribution in [-0.4, -0.2) is 79.4 Å². The van der Waals surface area contributed by atoms with E-state index in [4.69, 9.17) is 0 Å². The van der Waals surface area contributed by atoms with Crippen molar-refractivity contribution >= 4 is 17.7 Å². The molecular formula is C28H31N3O9. The van der Waals surface area contributed by atoms with Crippen molar-refractivity contribution in [2.45, 2.75) is 19.3 Å². The van der Waals surface area contributed by atoms with E-state index >= 15 is 0 Å². The fraction of sp³-hybridized carbons (Fsp3) is 0.250. The molecule has 0 atom stereocenters. The predicted octanol–water partition coefficient (Wildman–Crippen LogP) is 2.39. The smallest absolute Gasteiger partial charge is 0.257 e. The van der Waals surface area contributed by atoms with Crippen LogP contribution < -0.4 is 10.6 Å². The monoisotopic (exact) mass is 553 g/mol. The van der Waals surface area contributed by atoms with Crippen LogP contribution in [0.25, 0.3) is 0 Å². The largest absolute Gasteiger partial charge is 0.504 e. The minimum atomic E-state index is -0.606. The predicted molar refractivity (Wildman–Crippen MR) is 144 cm³/mol. The highest BCUT2D eigenvalue weighted by Gasteiger charge is 2.21. The summed E-state index contributed by atoms with van der Waals surface area (Å²) in [6.45, 7) is 0.746. The summed E-state index contributed by atoms with van der Waals surface area (Å²) < 4.78 is 0. The number of aromatic hydroxyl groups is 6. The van der Waals surface area contributed by atoms with Crippen molar-refractivity contribution in [3.8, 4) is 34.5 Å². The maximum atomic E-state index is 13.2. The fourth-order valence-corrected chi connectivity index (χ4v) is 3.91. The molecular weight excluding hydrogens is 522 g/mol. The normalized spacial score (nSPS) is 10.6. The third-order valence-electron chi connectivity index (χ3n) is 6.08. The molecule has 212 valence electrons. The molecule has 0 aliphatic carbocycles. The number of nitrogens with zero attached hydrogens (tertiary/aromatic N) is 1. The molecule has 3 aromatic rings. The van der Waals surface area contributed by atoms with E-state index in [0.29, 0.717) is 19.3 Å². The minimum absolute atomic E-state index is 0.0720. The van der Waals surface area contributed by atoms with Crippen molar-refractivity contribution in [3.63, 3.8) is 0 Å². The molecule has 0 fully saturated rings. The Morgan fingerprint density at radius 3 is 1.45 bits per heavy atom. The molecule has 3 rings (SSSR count). The molecule has 0 aliphatic heterocycles. The summed E-state index contributed by atoms with van der Waals surface area (Å²) in [6.07, 6.45) is 1.21. The fourth-order valence-electron chi connectivity index (χ4n) is 3.91. The Morgan fingerprint density at radius 2 is 0.950 bits per heavy atom. The van der Waals surface area contributed by atoms with Gasteiger partial charge in [0.05, 0.1) is 16.7 Å². The minimum Gasteiger partial charge on any atom is -0.504 e. The van der Waals surface area contributed by atoms with E-state index < -0.39 is 52.2 Å². The van der Waals surface area contributed by atoms with Gasteiger partial charge in [-0.15, -0.1) is 0 Å². The molecule has 40 heavy (non-hydrogen) atoms. The van der Waals surface area contributed by atoms with Crippen LogP contribution >= 0.6 is 0 Å². The second-order valence-corrected chi connectivity index (χ2v) is 8.88. The van der Waals surface area contributed by atoms with Crippen LogP contribution in [0.15, 0.2) is 54.6 Å². The lowest BCUT2D eigenvalue weighted by atomic mass is 10.1. The molecule has 12 nitrogen and oxygen atoms in total. The number of para-hydroxylation sites is 3. The molecule has 12 heteroatoms. The van der Waals surface area contributed by atoms with Gasteiger partial charge < -0.3 is 46.2 Å². The summed E-state index contributed by atoms with van der Waals surface area (Å²) >= 11 is 0. The average Bonchev–Trinajstić information content (AvgIpc) is 2.93. The van der Waals surface area contributed by atoms with Gasteiger partial charge in [0, 0.05) is 26.2 Å². The lowest BCUT2D eigenvalue weighted by Gasteiger charge is -2.23. The summed E-state index contributed by atoms with van der Waals surface area (Å²) in [5.74, 6) is -4.61. The number of amides is 3. The first kappa shape index (κ1) is 29.4. The summed E-state index contributed by atoms with van der Waals surface area (Å²) in [5, 5.41) is 64.1. The number of benzene rings is 3. The topological polar surface area (TPSA) is 200 Å². The number of phenols is 6. The second-order valence-electron chi connectivity index (χ2n) is 8.88. The van der Waals surface area contributed by atoms with Crippen LogP contribution in [-0.2, 0) is 0 Å². The second kappa shape index (κ2) is 13.6. The van der Waals surface area contributed by atoms with Gasteiger partial charge in [-0.3, -0.25) is 14.4 Å². The third-order valence-corrected chi connectivity index (χ3v) is 6.08. The Labute approximate surface area is 229 Å². The van der Waals surface area contributed by atoms with Gasteiger partial charge in [-0.05, 0) is 55.7 Å². The van der Waals surface area contributed by atoms with E-state index in [9.17, 15) is 45.0 Å². The average molecular weight is 554 g/mol. The molecule has 0 heterocycles. The number of carbonyl (C=O) groups is 3. The van der Waals surface area contributed by atoms with Crippen molar-refractivity contribution in [3.05, 3.63) is 71.3 Å². The number of hydrogen-bond acceptors (Lipinski definition) is 9. The molecule has 0 unspecified atom stereocenters. The SMILES string of the molecule is O=C(NCCCCN(CCCNC(=O)c1cccc(O)c1O)C(=O)c1cccc(O)c1O)c1cccc(O)c1O. The number of rotatable bonds is 12. The zero-order valence-electron chi connectivity index (χ0n) is 21.5. The lowest BCUT2D eigenvalue weighted by Crippen LogP contribution is -2.35. The van der Waals surface area contributed by atoms with Crippen molar-refractivity contribution in [2.24, 2.45) is 0 Å². The molecule has 0 bridgehead atoms. The highest BCUT2D eigenvalue weighted by molar-refractivity contribution is 5.98. The quantitative estimate of drug-likeness (QED) is 0.122. The molecule has 3 amide bonds. The third kappa shape index (κ3) is 7.25. The summed E-state index contributed by atoms with van der Waals surface area (Å²) in [7, 11) is 0. The summed E-state index contributed by atoms with van der Waals surface area (Å²) in [4.78, 5) is 39.2. The van der Waals surface area contributed by atoms with Crippen molar-refractivity contribution in [1.29, 1.82) is 0 Å². The first-order valence-corrected chi connectivity index (χ1v) is 12.5. The molecule has 0 aromatic heterocycles. The summed E-state index contributed by atoms with van der Waals surface area (Å²) in [5.41, 5.74) is -0.266. The Morgan fingerprint density at radius 1 is 0.550 bits per heavy atom. The standard InChI is InChI=1S/C28H31N3O9/c32-20-10-3-7-17(23(20)35)26(38)29-13-1-2-15-31(28(40)19-9-5-12-22(34)25(19)37)16-6-14-30-27(39)18-8-4-11-21(33)24(18)36/h3-5,7-12,32-37H,1-2,6,13-16H2,(H,29,38)(H,30,39). The van der Waals surface area contributed by atoms with E-state index in [1.54, 1.807) is 0 Å². The highest BCUT2D eigenvalue weighted by Crippen LogP contribution is 2.30. The number of unbranched alkanes of at least 4 members (excludes halogenated alkanes) is 1. The van der Waals surface area contributed by atoms with Crippen LogP contribution in [0.4, 0.5) is 0 Å². The maximum Gasteiger partial charge on any atom is 0.257 e. The molecule has 0 radical (unpaired) electrons. The van der Waals surface area contributed by atoms with Gasteiger partial charge in [0.2, 0.25) is 0 Å². The molecule has 0 saturated carbocycles. The Kier molecular flexibility index (Phi) is 10.0. The van der Waals surface area contributed by atoms with Gasteiger partial charge in [0.25, 0.3) is 17.7 Å². The van der Waals surface area contributed by atoms with Crippen LogP contribution in [0.1, 0.15) is 50.3 Å². The zero-order valence-corrected chi connectivity index (χ0v) is 21.5. The van der Waals surface area contributed by atoms with Crippen molar-refractivity contribution in [2.75, 3.05) is 26.2 Å². The molecule has 3 aromatic carbocycles. The van der Waals surface area contributed by atoms with E-state index in [0.717, 1.165) is 0 Å². The lowest BCUT2D eigenvalue weighted by molar-refractivity contribution is 0.0745. The van der Waals surface area contributed by atoms with Gasteiger partial charge in [-0.1, -0.05) is 18.2 Å². The Hall–Kier alpha value is -5.13. The number of hydrogen-bond donors (Lipinski definition) is 8. The number of phenolic OH excluding ortho intramolecular Hbond substituents is 6. The van der Waals surface area contributed by atoms with Crippen LogP contribution in [0.2, 0.25) is 0 Å². The van der Waals surface area contributed by atoms with Crippen LogP contribution in [0.3, 0.4) is 0 Å². The maximum absolute atomic E-state index is 13.2. The zero-order chi connectivity index (χ0) is 29.2. The van der Waals surface area contributed by atoms with E-state index in [-0.39, 0.29) is 42.9 Å². The van der Waals surface area contributed by atoms with Crippen molar-refractivity contribution in [1.82, 2.24) is 15.5 Å². The van der Waals surface area contributed by atoms with Crippen LogP contribution in [0, 0.1) is 0 Å². The van der Waals surface area contributed by atoms with Crippen molar-refractivity contribution < 1.29 is 45.0 Å². The Balaban J connectivity index is 1.56. The van der Waals surface area contributed by atoms with E-state index in [1.165, 1.54) is 59.5 Å². The van der Waals surface area contributed by atoms with Gasteiger partial charge >= 0.3 is 0 Å². The first-order chi connectivity index (χ1) is 19.1. The number of nitrogens with one attached hydrogen (secondary N) is 2. The molecule has 0 aliphatic rings. The Bertz CT molecular complexity index is 1380. The van der Waals surface area contributed by atoms with Crippen LogP contribution in [0.5, 0.6) is 34.5 Å². The van der Waals surface area contributed by atoms with Gasteiger partial charge in [-0.2, -0.15) is 0 Å². The molecule has 0 spiro atoms. The highest BCUT2D eigenvalue weighted by atomic mass is 16.3. The van der Waals surface area contributed by atoms with Gasteiger partial charge in [-0.25, -0.2) is 0 Å².